The summed E-state index contributed by atoms with van der Waals surface area (Å²) in [6, 6.07) is 14.9. The van der Waals surface area contributed by atoms with Gasteiger partial charge in [0.25, 0.3) is 17.2 Å². The number of nitro groups is 1. The van der Waals surface area contributed by atoms with E-state index in [4.69, 9.17) is 0 Å². The molecule has 1 aromatic heterocycles. The van der Waals surface area contributed by atoms with E-state index < -0.39 is 16.4 Å². The first-order chi connectivity index (χ1) is 12.8. The molecule has 0 atom stereocenters. The molecule has 0 bridgehead atoms. The van der Waals surface area contributed by atoms with Gasteiger partial charge in [0.15, 0.2) is 0 Å². The number of rotatable bonds is 4. The molecule has 3 rings (SSSR count). The van der Waals surface area contributed by atoms with Crippen molar-refractivity contribution in [2.45, 2.75) is 13.8 Å². The summed E-state index contributed by atoms with van der Waals surface area (Å²) >= 11 is 0. The molecule has 1 amide bonds. The number of non-ortho nitro benzene ring substituents is 1. The van der Waals surface area contributed by atoms with Crippen molar-refractivity contribution in [3.05, 3.63) is 91.8 Å². The lowest BCUT2D eigenvalue weighted by atomic mass is 10.1. The molecule has 0 saturated heterocycles. The largest absolute Gasteiger partial charge is 0.322 e. The number of aromatic nitrogens is 1. The third-order valence-electron chi connectivity index (χ3n) is 4.19. The maximum Gasteiger partial charge on any atom is 0.269 e. The summed E-state index contributed by atoms with van der Waals surface area (Å²) in [6.07, 6.45) is 0. The van der Waals surface area contributed by atoms with Crippen molar-refractivity contribution >= 4 is 17.3 Å². The monoisotopic (exact) mass is 363 g/mol. The molecule has 27 heavy (non-hydrogen) atoms. The Morgan fingerprint density at radius 1 is 1.04 bits per heavy atom. The summed E-state index contributed by atoms with van der Waals surface area (Å²) in [7, 11) is 0. The predicted molar refractivity (Wildman–Crippen MR) is 103 cm³/mol. The standard InChI is InChI=1S/C20H17N3O4/c1-12-3-5-14(6-4-12)18-10-8-16(20(25)22-18)19(24)21-17-9-7-15(23(26)27)11-13(17)2/h3-11H,1-2H3,(H,21,24)(H,22,25). The summed E-state index contributed by atoms with van der Waals surface area (Å²) in [6.45, 7) is 3.62. The lowest BCUT2D eigenvalue weighted by molar-refractivity contribution is -0.384. The van der Waals surface area contributed by atoms with Gasteiger partial charge in [-0.15, -0.1) is 0 Å². The Morgan fingerprint density at radius 3 is 2.33 bits per heavy atom. The maximum absolute atomic E-state index is 12.4. The van der Waals surface area contributed by atoms with Crippen molar-refractivity contribution in [2.24, 2.45) is 0 Å². The molecule has 0 fully saturated rings. The minimum Gasteiger partial charge on any atom is -0.322 e. The molecule has 0 unspecified atom stereocenters. The van der Waals surface area contributed by atoms with E-state index in [0.29, 0.717) is 16.9 Å². The third kappa shape index (κ3) is 3.92. The van der Waals surface area contributed by atoms with Gasteiger partial charge in [0.05, 0.1) is 4.92 Å². The van der Waals surface area contributed by atoms with Gasteiger partial charge in [-0.2, -0.15) is 0 Å². The molecule has 2 N–H and O–H groups in total. The van der Waals surface area contributed by atoms with E-state index in [-0.39, 0.29) is 11.3 Å². The number of benzene rings is 2. The fourth-order valence-corrected chi connectivity index (χ4v) is 2.65. The fraction of sp³-hybridized carbons (Fsp3) is 0.100. The second kappa shape index (κ2) is 7.25. The van der Waals surface area contributed by atoms with Crippen LogP contribution in [0.4, 0.5) is 11.4 Å². The zero-order valence-electron chi connectivity index (χ0n) is 14.8. The molecule has 0 aliphatic rings. The number of hydrogen-bond donors (Lipinski definition) is 2. The number of H-pyrrole nitrogens is 1. The molecule has 0 saturated carbocycles. The number of amides is 1. The van der Waals surface area contributed by atoms with E-state index in [9.17, 15) is 19.7 Å². The smallest absolute Gasteiger partial charge is 0.269 e. The van der Waals surface area contributed by atoms with Crippen LogP contribution in [-0.4, -0.2) is 15.8 Å². The van der Waals surface area contributed by atoms with Crippen molar-refractivity contribution in [2.75, 3.05) is 5.32 Å². The second-order valence-electron chi connectivity index (χ2n) is 6.19. The van der Waals surface area contributed by atoms with E-state index in [0.717, 1.165) is 11.1 Å². The number of nitro benzene ring substituents is 1. The SMILES string of the molecule is Cc1ccc(-c2ccc(C(=O)Nc3ccc([N+](=O)[O-])cc3C)c(=O)[nH]2)cc1. The first-order valence-corrected chi connectivity index (χ1v) is 8.22. The lowest BCUT2D eigenvalue weighted by Crippen LogP contribution is -2.23. The summed E-state index contributed by atoms with van der Waals surface area (Å²) < 4.78 is 0. The van der Waals surface area contributed by atoms with Crippen LogP contribution in [0.1, 0.15) is 21.5 Å². The van der Waals surface area contributed by atoms with E-state index in [1.807, 2.05) is 31.2 Å². The first-order valence-electron chi connectivity index (χ1n) is 8.22. The number of anilines is 1. The molecule has 0 aliphatic heterocycles. The third-order valence-corrected chi connectivity index (χ3v) is 4.19. The lowest BCUT2D eigenvalue weighted by Gasteiger charge is -2.09. The van der Waals surface area contributed by atoms with Crippen LogP contribution < -0.4 is 10.9 Å². The molecule has 0 aliphatic carbocycles. The van der Waals surface area contributed by atoms with Gasteiger partial charge >= 0.3 is 0 Å². The van der Waals surface area contributed by atoms with Crippen molar-refractivity contribution in [1.29, 1.82) is 0 Å². The van der Waals surface area contributed by atoms with Gasteiger partial charge in [-0.3, -0.25) is 19.7 Å². The summed E-state index contributed by atoms with van der Waals surface area (Å²) in [5.74, 6) is -0.580. The minimum atomic E-state index is -0.580. The molecule has 7 heteroatoms. The number of nitrogens with zero attached hydrogens (tertiary/aromatic N) is 1. The number of carbonyl (C=O) groups excluding carboxylic acids is 1. The van der Waals surface area contributed by atoms with E-state index in [1.165, 1.54) is 24.3 Å². The van der Waals surface area contributed by atoms with Gasteiger partial charge in [-0.25, -0.2) is 0 Å². The quantitative estimate of drug-likeness (QED) is 0.543. The highest BCUT2D eigenvalue weighted by molar-refractivity contribution is 6.04. The van der Waals surface area contributed by atoms with Gasteiger partial charge in [-0.05, 0) is 43.2 Å². The Labute approximate surface area is 154 Å². The first kappa shape index (κ1) is 18.1. The van der Waals surface area contributed by atoms with Crippen molar-refractivity contribution in [3.8, 4) is 11.3 Å². The number of aryl methyl sites for hydroxylation is 2. The van der Waals surface area contributed by atoms with Crippen molar-refractivity contribution in [1.82, 2.24) is 4.98 Å². The average Bonchev–Trinajstić information content (AvgIpc) is 2.63. The van der Waals surface area contributed by atoms with Gasteiger partial charge in [0, 0.05) is 23.5 Å². The van der Waals surface area contributed by atoms with Gasteiger partial charge < -0.3 is 10.3 Å². The molecule has 0 radical (unpaired) electrons. The highest BCUT2D eigenvalue weighted by atomic mass is 16.6. The number of pyridine rings is 1. The van der Waals surface area contributed by atoms with Gasteiger partial charge in [0.1, 0.15) is 5.56 Å². The number of nitrogens with one attached hydrogen (secondary N) is 2. The summed E-state index contributed by atoms with van der Waals surface area (Å²) in [4.78, 5) is 37.8. The number of aromatic amines is 1. The topological polar surface area (TPSA) is 105 Å². The van der Waals surface area contributed by atoms with Crippen LogP contribution in [-0.2, 0) is 0 Å². The Bertz CT molecular complexity index is 1090. The number of hydrogen-bond acceptors (Lipinski definition) is 4. The van der Waals surface area contributed by atoms with E-state index in [2.05, 4.69) is 10.3 Å². The molecule has 0 spiro atoms. The highest BCUT2D eigenvalue weighted by Crippen LogP contribution is 2.22. The van der Waals surface area contributed by atoms with Crippen molar-refractivity contribution < 1.29 is 9.72 Å². The highest BCUT2D eigenvalue weighted by Gasteiger charge is 2.14. The molecular formula is C20H17N3O4. The fourth-order valence-electron chi connectivity index (χ4n) is 2.65. The molecule has 3 aromatic rings. The average molecular weight is 363 g/mol. The number of carbonyl (C=O) groups is 1. The van der Waals surface area contributed by atoms with Crippen LogP contribution in [0.3, 0.4) is 0 Å². The van der Waals surface area contributed by atoms with Crippen LogP contribution in [0.2, 0.25) is 0 Å². The normalized spacial score (nSPS) is 10.4. The zero-order valence-corrected chi connectivity index (χ0v) is 14.8. The second-order valence-corrected chi connectivity index (χ2v) is 6.19. The van der Waals surface area contributed by atoms with E-state index in [1.54, 1.807) is 13.0 Å². The van der Waals surface area contributed by atoms with Gasteiger partial charge in [0.2, 0.25) is 0 Å². The zero-order chi connectivity index (χ0) is 19.6. The summed E-state index contributed by atoms with van der Waals surface area (Å²) in [5.41, 5.74) is 2.90. The minimum absolute atomic E-state index is 0.0383. The maximum atomic E-state index is 12.4. The Balaban J connectivity index is 1.84. The molecule has 7 nitrogen and oxygen atoms in total. The molecule has 1 heterocycles. The van der Waals surface area contributed by atoms with Crippen LogP contribution in [0, 0.1) is 24.0 Å². The van der Waals surface area contributed by atoms with Crippen LogP contribution in [0.5, 0.6) is 0 Å². The Hall–Kier alpha value is -3.74. The predicted octanol–water partition coefficient (Wildman–Crippen LogP) is 3.82. The van der Waals surface area contributed by atoms with Crippen LogP contribution >= 0.6 is 0 Å². The van der Waals surface area contributed by atoms with Gasteiger partial charge in [-0.1, -0.05) is 29.8 Å². The van der Waals surface area contributed by atoms with Crippen LogP contribution in [0.15, 0.2) is 59.4 Å². The van der Waals surface area contributed by atoms with E-state index >= 15 is 0 Å². The molecule has 136 valence electrons. The van der Waals surface area contributed by atoms with Crippen molar-refractivity contribution in [3.63, 3.8) is 0 Å². The summed E-state index contributed by atoms with van der Waals surface area (Å²) in [5, 5.41) is 13.4. The molecular weight excluding hydrogens is 346 g/mol. The molecule has 2 aromatic carbocycles. The Morgan fingerprint density at radius 2 is 1.74 bits per heavy atom. The van der Waals surface area contributed by atoms with Crippen LogP contribution in [0.25, 0.3) is 11.3 Å². The Kier molecular flexibility index (Phi) is 4.85.